The maximum Gasteiger partial charge on any atom is 0.227 e. The highest BCUT2D eigenvalue weighted by molar-refractivity contribution is 5.98. The quantitative estimate of drug-likeness (QED) is 0.754. The lowest BCUT2D eigenvalue weighted by Crippen LogP contribution is -2.40. The molecule has 132 valence electrons. The second kappa shape index (κ2) is 10.4. The number of nitrogens with zero attached hydrogens (tertiary/aromatic N) is 3. The first-order chi connectivity index (χ1) is 11.0. The van der Waals surface area contributed by atoms with Crippen LogP contribution in [0.2, 0.25) is 0 Å². The Balaban J connectivity index is 2.82. The first-order valence-electron chi connectivity index (χ1n) is 9.11. The van der Waals surface area contributed by atoms with Gasteiger partial charge >= 0.3 is 0 Å². The standard InChI is InChI=1S/C18H33N3O2/c1-5-7-9-16-19-11-13-20(18(23)14-15(3)4)12-8-10-17(22)21(16)6-2/h15H,5-14H2,1-4H3. The lowest BCUT2D eigenvalue weighted by molar-refractivity contribution is -0.133. The Labute approximate surface area is 141 Å². The number of hydrogen-bond acceptors (Lipinski definition) is 3. The van der Waals surface area contributed by atoms with Crippen molar-refractivity contribution in [3.8, 4) is 0 Å². The summed E-state index contributed by atoms with van der Waals surface area (Å²) in [7, 11) is 0. The largest absolute Gasteiger partial charge is 0.341 e. The minimum absolute atomic E-state index is 0.139. The Morgan fingerprint density at radius 1 is 1.26 bits per heavy atom. The summed E-state index contributed by atoms with van der Waals surface area (Å²) < 4.78 is 0. The molecule has 0 aromatic heterocycles. The van der Waals surface area contributed by atoms with Gasteiger partial charge < -0.3 is 9.80 Å². The molecule has 0 N–H and O–H groups in total. The summed E-state index contributed by atoms with van der Waals surface area (Å²) in [4.78, 5) is 33.1. The molecule has 0 saturated heterocycles. The number of aliphatic imine (C=N–C) groups is 1. The molecule has 0 aliphatic carbocycles. The topological polar surface area (TPSA) is 53.0 Å². The monoisotopic (exact) mass is 323 g/mol. The van der Waals surface area contributed by atoms with Gasteiger partial charge in [0.2, 0.25) is 11.8 Å². The fourth-order valence-corrected chi connectivity index (χ4v) is 2.83. The van der Waals surface area contributed by atoms with Crippen LogP contribution in [0.25, 0.3) is 0 Å². The summed E-state index contributed by atoms with van der Waals surface area (Å²) in [6.07, 6.45) is 4.77. The number of carbonyl (C=O) groups is 2. The molecule has 0 fully saturated rings. The Morgan fingerprint density at radius 3 is 2.61 bits per heavy atom. The van der Waals surface area contributed by atoms with E-state index in [2.05, 4.69) is 25.8 Å². The fraction of sp³-hybridized carbons (Fsp3) is 0.833. The number of carbonyl (C=O) groups excluding carboxylic acids is 2. The molecular weight excluding hydrogens is 290 g/mol. The summed E-state index contributed by atoms with van der Waals surface area (Å²) in [5, 5.41) is 0. The number of hydrogen-bond donors (Lipinski definition) is 0. The van der Waals surface area contributed by atoms with Crippen LogP contribution in [0.4, 0.5) is 0 Å². The van der Waals surface area contributed by atoms with Gasteiger partial charge in [0, 0.05) is 38.9 Å². The highest BCUT2D eigenvalue weighted by atomic mass is 16.2. The van der Waals surface area contributed by atoms with Crippen LogP contribution in [-0.4, -0.2) is 53.6 Å². The second-order valence-electron chi connectivity index (χ2n) is 6.62. The van der Waals surface area contributed by atoms with Gasteiger partial charge in [-0.3, -0.25) is 14.6 Å². The molecule has 0 radical (unpaired) electrons. The molecule has 5 heteroatoms. The van der Waals surface area contributed by atoms with Crippen molar-refractivity contribution in [2.24, 2.45) is 10.9 Å². The number of amides is 2. The zero-order chi connectivity index (χ0) is 17.2. The number of amidine groups is 1. The Morgan fingerprint density at radius 2 is 2.00 bits per heavy atom. The molecule has 5 nitrogen and oxygen atoms in total. The van der Waals surface area contributed by atoms with Crippen LogP contribution in [0.1, 0.15) is 66.2 Å². The molecule has 1 heterocycles. The number of rotatable bonds is 6. The van der Waals surface area contributed by atoms with Crippen molar-refractivity contribution in [1.29, 1.82) is 0 Å². The normalized spacial score (nSPS) is 17.4. The lowest BCUT2D eigenvalue weighted by atomic mass is 10.1. The molecule has 1 rings (SSSR count). The summed E-state index contributed by atoms with van der Waals surface area (Å²) in [5.74, 6) is 1.59. The van der Waals surface area contributed by atoms with E-state index in [0.29, 0.717) is 44.9 Å². The van der Waals surface area contributed by atoms with Crippen LogP contribution < -0.4 is 0 Å². The highest BCUT2D eigenvalue weighted by Gasteiger charge is 2.21. The molecule has 0 saturated carbocycles. The number of unbranched alkanes of at least 4 members (excludes halogenated alkanes) is 1. The van der Waals surface area contributed by atoms with Gasteiger partial charge in [-0.15, -0.1) is 0 Å². The third kappa shape index (κ3) is 6.71. The van der Waals surface area contributed by atoms with Gasteiger partial charge in [0.25, 0.3) is 0 Å². The van der Waals surface area contributed by atoms with Gasteiger partial charge in [0.05, 0.1) is 6.54 Å². The van der Waals surface area contributed by atoms with Crippen molar-refractivity contribution in [3.05, 3.63) is 0 Å². The third-order valence-electron chi connectivity index (χ3n) is 4.10. The van der Waals surface area contributed by atoms with E-state index in [1.165, 1.54) is 0 Å². The maximum atomic E-state index is 12.4. The average molecular weight is 323 g/mol. The van der Waals surface area contributed by atoms with Crippen molar-refractivity contribution in [1.82, 2.24) is 9.80 Å². The molecule has 2 amide bonds. The van der Waals surface area contributed by atoms with Crippen LogP contribution in [0.15, 0.2) is 4.99 Å². The van der Waals surface area contributed by atoms with Gasteiger partial charge in [-0.1, -0.05) is 27.2 Å². The predicted molar refractivity (Wildman–Crippen MR) is 94.5 cm³/mol. The second-order valence-corrected chi connectivity index (χ2v) is 6.62. The molecule has 0 unspecified atom stereocenters. The molecule has 1 aliphatic heterocycles. The Kier molecular flexibility index (Phi) is 8.89. The van der Waals surface area contributed by atoms with E-state index in [1.807, 2.05) is 16.7 Å². The van der Waals surface area contributed by atoms with E-state index in [9.17, 15) is 9.59 Å². The molecule has 1 aliphatic rings. The summed E-state index contributed by atoms with van der Waals surface area (Å²) in [5.41, 5.74) is 0. The zero-order valence-electron chi connectivity index (χ0n) is 15.3. The SMILES string of the molecule is CCCCC1=NCCN(C(=O)CC(C)C)CCCC(=O)N1CC. The van der Waals surface area contributed by atoms with Crippen molar-refractivity contribution in [2.75, 3.05) is 26.2 Å². The minimum atomic E-state index is 0.139. The zero-order valence-corrected chi connectivity index (χ0v) is 15.3. The molecule has 0 atom stereocenters. The minimum Gasteiger partial charge on any atom is -0.341 e. The third-order valence-corrected chi connectivity index (χ3v) is 4.10. The average Bonchev–Trinajstić information content (AvgIpc) is 2.50. The first-order valence-corrected chi connectivity index (χ1v) is 9.11. The van der Waals surface area contributed by atoms with E-state index in [-0.39, 0.29) is 11.8 Å². The fourth-order valence-electron chi connectivity index (χ4n) is 2.83. The van der Waals surface area contributed by atoms with Crippen molar-refractivity contribution in [3.63, 3.8) is 0 Å². The summed E-state index contributed by atoms with van der Waals surface area (Å²) >= 11 is 0. The van der Waals surface area contributed by atoms with Crippen molar-refractivity contribution < 1.29 is 9.59 Å². The van der Waals surface area contributed by atoms with E-state index in [4.69, 9.17) is 0 Å². The van der Waals surface area contributed by atoms with Crippen molar-refractivity contribution >= 4 is 17.6 Å². The van der Waals surface area contributed by atoms with E-state index >= 15 is 0 Å². The van der Waals surface area contributed by atoms with Crippen LogP contribution in [0, 0.1) is 5.92 Å². The predicted octanol–water partition coefficient (Wildman–Crippen LogP) is 3.09. The highest BCUT2D eigenvalue weighted by Crippen LogP contribution is 2.11. The molecule has 0 aromatic rings. The van der Waals surface area contributed by atoms with E-state index in [0.717, 1.165) is 31.5 Å². The molecule has 0 spiro atoms. The van der Waals surface area contributed by atoms with Gasteiger partial charge in [-0.05, 0) is 25.7 Å². The first kappa shape index (κ1) is 19.7. The van der Waals surface area contributed by atoms with Gasteiger partial charge in [0.1, 0.15) is 5.84 Å². The Bertz CT molecular complexity index is 418. The smallest absolute Gasteiger partial charge is 0.227 e. The van der Waals surface area contributed by atoms with Gasteiger partial charge in [-0.2, -0.15) is 0 Å². The molecule has 23 heavy (non-hydrogen) atoms. The van der Waals surface area contributed by atoms with Crippen LogP contribution in [0.3, 0.4) is 0 Å². The lowest BCUT2D eigenvalue weighted by Gasteiger charge is -2.28. The van der Waals surface area contributed by atoms with E-state index < -0.39 is 0 Å². The molecular formula is C18H33N3O2. The maximum absolute atomic E-state index is 12.4. The van der Waals surface area contributed by atoms with Crippen LogP contribution in [-0.2, 0) is 9.59 Å². The van der Waals surface area contributed by atoms with Gasteiger partial charge in [0.15, 0.2) is 0 Å². The van der Waals surface area contributed by atoms with Gasteiger partial charge in [-0.25, -0.2) is 0 Å². The summed E-state index contributed by atoms with van der Waals surface area (Å²) in [6, 6.07) is 0. The van der Waals surface area contributed by atoms with Crippen molar-refractivity contribution in [2.45, 2.75) is 66.2 Å². The molecule has 0 aromatic carbocycles. The Hall–Kier alpha value is -1.39. The molecule has 0 bridgehead atoms. The summed E-state index contributed by atoms with van der Waals surface area (Å²) in [6.45, 7) is 10.9. The van der Waals surface area contributed by atoms with E-state index in [1.54, 1.807) is 0 Å². The van der Waals surface area contributed by atoms with Crippen LogP contribution >= 0.6 is 0 Å². The van der Waals surface area contributed by atoms with Crippen LogP contribution in [0.5, 0.6) is 0 Å².